The van der Waals surface area contributed by atoms with Crippen molar-refractivity contribution in [3.05, 3.63) is 18.4 Å². The van der Waals surface area contributed by atoms with E-state index < -0.39 is 0 Å². The molecule has 1 fully saturated rings. The number of anilines is 2. The highest BCUT2D eigenvalue weighted by Gasteiger charge is 2.20. The standard InChI is InChI=1S/C14H16N6O/c15-12-10-11(9-5-4-8-21-9)16-14(17-13(10)19-18-12)20-6-2-1-3-7-20/h4-5,8H,1-3,6-7H2,(H3,15,16,17,18,19). The number of piperidine rings is 1. The Morgan fingerprint density at radius 1 is 1.19 bits per heavy atom. The minimum atomic E-state index is 0.460. The van der Waals surface area contributed by atoms with Crippen LogP contribution in [-0.2, 0) is 0 Å². The molecule has 3 aromatic heterocycles. The lowest BCUT2D eigenvalue weighted by atomic mass is 10.1. The van der Waals surface area contributed by atoms with Gasteiger partial charge in [-0.1, -0.05) is 0 Å². The number of aromatic amines is 1. The van der Waals surface area contributed by atoms with Crippen LogP contribution in [0.15, 0.2) is 22.8 Å². The Morgan fingerprint density at radius 2 is 2.05 bits per heavy atom. The molecular weight excluding hydrogens is 268 g/mol. The Bertz CT molecular complexity index is 757. The first kappa shape index (κ1) is 12.2. The van der Waals surface area contributed by atoms with Crippen molar-refractivity contribution < 1.29 is 4.42 Å². The molecule has 3 N–H and O–H groups in total. The molecule has 0 unspecified atom stereocenters. The molecule has 0 aromatic carbocycles. The van der Waals surface area contributed by atoms with Gasteiger partial charge in [0.05, 0.1) is 11.6 Å². The first-order valence-electron chi connectivity index (χ1n) is 7.13. The normalized spacial score (nSPS) is 15.7. The van der Waals surface area contributed by atoms with E-state index in [4.69, 9.17) is 10.2 Å². The Morgan fingerprint density at radius 3 is 2.81 bits per heavy atom. The minimum absolute atomic E-state index is 0.460. The number of rotatable bonds is 2. The molecule has 0 radical (unpaired) electrons. The third-order valence-corrected chi connectivity index (χ3v) is 3.82. The lowest BCUT2D eigenvalue weighted by Crippen LogP contribution is -2.31. The molecular formula is C14H16N6O. The van der Waals surface area contributed by atoms with Crippen molar-refractivity contribution in [3.63, 3.8) is 0 Å². The van der Waals surface area contributed by atoms with Crippen LogP contribution < -0.4 is 10.6 Å². The number of hydrogen-bond acceptors (Lipinski definition) is 6. The van der Waals surface area contributed by atoms with Crippen LogP contribution in [0.3, 0.4) is 0 Å². The van der Waals surface area contributed by atoms with Crippen LogP contribution in [-0.4, -0.2) is 33.3 Å². The SMILES string of the molecule is Nc1[nH]nc2nc(N3CCCCC3)nc(-c3ccco3)c12. The average Bonchev–Trinajstić information content (AvgIpc) is 3.18. The third kappa shape index (κ3) is 2.01. The summed E-state index contributed by atoms with van der Waals surface area (Å²) in [5.41, 5.74) is 7.23. The molecule has 1 aliphatic rings. The van der Waals surface area contributed by atoms with Crippen molar-refractivity contribution in [2.45, 2.75) is 19.3 Å². The fourth-order valence-electron chi connectivity index (χ4n) is 2.76. The summed E-state index contributed by atoms with van der Waals surface area (Å²) in [6.45, 7) is 1.95. The monoisotopic (exact) mass is 284 g/mol. The Labute approximate surface area is 121 Å². The molecule has 1 saturated heterocycles. The molecule has 0 amide bonds. The van der Waals surface area contributed by atoms with E-state index in [0.717, 1.165) is 13.1 Å². The number of furan rings is 1. The van der Waals surface area contributed by atoms with Crippen molar-refractivity contribution in [1.29, 1.82) is 0 Å². The van der Waals surface area contributed by atoms with Crippen LogP contribution >= 0.6 is 0 Å². The summed E-state index contributed by atoms with van der Waals surface area (Å²) in [5.74, 6) is 1.83. The largest absolute Gasteiger partial charge is 0.463 e. The third-order valence-electron chi connectivity index (χ3n) is 3.82. The second-order valence-electron chi connectivity index (χ2n) is 5.23. The molecule has 0 atom stereocenters. The molecule has 0 aliphatic carbocycles. The van der Waals surface area contributed by atoms with Crippen molar-refractivity contribution >= 4 is 22.8 Å². The fraction of sp³-hybridized carbons (Fsp3) is 0.357. The van der Waals surface area contributed by atoms with Crippen molar-refractivity contribution in [2.75, 3.05) is 23.7 Å². The van der Waals surface area contributed by atoms with Gasteiger partial charge in [0, 0.05) is 13.1 Å². The molecule has 0 saturated carbocycles. The molecule has 0 bridgehead atoms. The summed E-state index contributed by atoms with van der Waals surface area (Å²) in [6, 6.07) is 3.70. The molecule has 108 valence electrons. The van der Waals surface area contributed by atoms with E-state index in [1.807, 2.05) is 12.1 Å². The zero-order valence-corrected chi connectivity index (χ0v) is 11.5. The van der Waals surface area contributed by atoms with Gasteiger partial charge in [-0.15, -0.1) is 0 Å². The fourth-order valence-corrected chi connectivity index (χ4v) is 2.76. The Kier molecular flexibility index (Phi) is 2.77. The molecule has 21 heavy (non-hydrogen) atoms. The maximum atomic E-state index is 5.96. The lowest BCUT2D eigenvalue weighted by molar-refractivity contribution is 0.566. The van der Waals surface area contributed by atoms with Gasteiger partial charge in [-0.25, -0.2) is 4.98 Å². The average molecular weight is 284 g/mol. The number of nitrogen functional groups attached to an aromatic ring is 1. The molecule has 7 nitrogen and oxygen atoms in total. The molecule has 4 heterocycles. The Hall–Kier alpha value is -2.57. The van der Waals surface area contributed by atoms with E-state index in [2.05, 4.69) is 25.1 Å². The number of nitrogens with one attached hydrogen (secondary N) is 1. The minimum Gasteiger partial charge on any atom is -0.463 e. The van der Waals surface area contributed by atoms with Gasteiger partial charge in [0.2, 0.25) is 5.95 Å². The summed E-state index contributed by atoms with van der Waals surface area (Å²) in [5, 5.41) is 7.66. The molecule has 0 spiro atoms. The first-order valence-corrected chi connectivity index (χ1v) is 7.13. The quantitative estimate of drug-likeness (QED) is 0.748. The van der Waals surface area contributed by atoms with Crippen LogP contribution in [0.1, 0.15) is 19.3 Å². The zero-order chi connectivity index (χ0) is 14.2. The van der Waals surface area contributed by atoms with Crippen LogP contribution in [0.5, 0.6) is 0 Å². The highest BCUT2D eigenvalue weighted by atomic mass is 16.3. The summed E-state index contributed by atoms with van der Waals surface area (Å²) >= 11 is 0. The van der Waals surface area contributed by atoms with E-state index in [-0.39, 0.29) is 0 Å². The number of fused-ring (bicyclic) bond motifs is 1. The number of nitrogens with two attached hydrogens (primary N) is 1. The maximum absolute atomic E-state index is 5.96. The number of nitrogens with zero attached hydrogens (tertiary/aromatic N) is 4. The second kappa shape index (κ2) is 4.76. The van der Waals surface area contributed by atoms with E-state index in [1.165, 1.54) is 19.3 Å². The second-order valence-corrected chi connectivity index (χ2v) is 5.23. The van der Waals surface area contributed by atoms with Gasteiger partial charge >= 0.3 is 0 Å². The van der Waals surface area contributed by atoms with Crippen LogP contribution in [0.25, 0.3) is 22.5 Å². The van der Waals surface area contributed by atoms with Gasteiger partial charge < -0.3 is 15.1 Å². The molecule has 1 aliphatic heterocycles. The van der Waals surface area contributed by atoms with Crippen LogP contribution in [0, 0.1) is 0 Å². The maximum Gasteiger partial charge on any atom is 0.228 e. The predicted octanol–water partition coefficient (Wildman–Crippen LogP) is 2.19. The summed E-state index contributed by atoms with van der Waals surface area (Å²) in [4.78, 5) is 11.4. The highest BCUT2D eigenvalue weighted by molar-refractivity contribution is 5.97. The molecule has 3 aromatic rings. The van der Waals surface area contributed by atoms with E-state index >= 15 is 0 Å². The number of aromatic nitrogens is 4. The van der Waals surface area contributed by atoms with Crippen molar-refractivity contribution in [3.8, 4) is 11.5 Å². The first-order chi connectivity index (χ1) is 10.3. The highest BCUT2D eigenvalue weighted by Crippen LogP contribution is 2.31. The summed E-state index contributed by atoms with van der Waals surface area (Å²) in [7, 11) is 0. The topological polar surface area (TPSA) is 96.9 Å². The van der Waals surface area contributed by atoms with Crippen molar-refractivity contribution in [1.82, 2.24) is 20.2 Å². The summed E-state index contributed by atoms with van der Waals surface area (Å²) < 4.78 is 5.49. The lowest BCUT2D eigenvalue weighted by Gasteiger charge is -2.26. The van der Waals surface area contributed by atoms with Crippen LogP contribution in [0.2, 0.25) is 0 Å². The van der Waals surface area contributed by atoms with Crippen LogP contribution in [0.4, 0.5) is 11.8 Å². The molecule has 4 rings (SSSR count). The smallest absolute Gasteiger partial charge is 0.228 e. The van der Waals surface area contributed by atoms with Gasteiger partial charge in [0.25, 0.3) is 0 Å². The number of H-pyrrole nitrogens is 1. The van der Waals surface area contributed by atoms with E-state index in [9.17, 15) is 0 Å². The number of hydrogen-bond donors (Lipinski definition) is 2. The predicted molar refractivity (Wildman–Crippen MR) is 79.9 cm³/mol. The van der Waals surface area contributed by atoms with Crippen molar-refractivity contribution in [2.24, 2.45) is 0 Å². The Balaban J connectivity index is 1.90. The van der Waals surface area contributed by atoms with E-state index in [1.54, 1.807) is 6.26 Å². The van der Waals surface area contributed by atoms with E-state index in [0.29, 0.717) is 34.3 Å². The van der Waals surface area contributed by atoms with Gasteiger partial charge in [0.15, 0.2) is 11.4 Å². The van der Waals surface area contributed by atoms with Gasteiger partial charge in [-0.3, -0.25) is 5.10 Å². The van der Waals surface area contributed by atoms with Gasteiger partial charge in [0.1, 0.15) is 11.5 Å². The van der Waals surface area contributed by atoms with Gasteiger partial charge in [-0.2, -0.15) is 10.1 Å². The molecule has 7 heteroatoms. The zero-order valence-electron chi connectivity index (χ0n) is 11.5. The van der Waals surface area contributed by atoms with Gasteiger partial charge in [-0.05, 0) is 31.4 Å². The summed E-state index contributed by atoms with van der Waals surface area (Å²) in [6.07, 6.45) is 5.22.